The molecule has 0 spiro atoms. The Kier molecular flexibility index (Phi) is 3.92. The quantitative estimate of drug-likeness (QED) is 0.823. The molecule has 0 aliphatic carbocycles. The molecule has 92 valence electrons. The van der Waals surface area contributed by atoms with Crippen molar-refractivity contribution in [3.05, 3.63) is 35.4 Å². The number of rotatable bonds is 4. The van der Waals surface area contributed by atoms with Crippen LogP contribution in [0.15, 0.2) is 29.4 Å². The number of benzene rings is 1. The predicted molar refractivity (Wildman–Crippen MR) is 65.6 cm³/mol. The molecule has 1 aromatic carbocycles. The number of hydrogen-bond donors (Lipinski definition) is 1. The molecule has 0 saturated carbocycles. The lowest BCUT2D eigenvalue weighted by molar-refractivity contribution is 0.204. The van der Waals surface area contributed by atoms with Crippen molar-refractivity contribution in [2.75, 3.05) is 5.75 Å². The minimum absolute atomic E-state index is 0.458. The summed E-state index contributed by atoms with van der Waals surface area (Å²) in [4.78, 5) is 0. The molecule has 0 aliphatic heterocycles. The first-order valence-electron chi connectivity index (χ1n) is 5.24. The fraction of sp³-hybridized carbons (Fsp3) is 0.273. The van der Waals surface area contributed by atoms with Crippen molar-refractivity contribution in [1.82, 2.24) is 20.2 Å². The maximum Gasteiger partial charge on any atom is 0.209 e. The van der Waals surface area contributed by atoms with Crippen LogP contribution in [0.4, 0.5) is 0 Å². The third-order valence-electron chi connectivity index (χ3n) is 2.38. The van der Waals surface area contributed by atoms with Gasteiger partial charge in [0.25, 0.3) is 0 Å². The monoisotopic (exact) mass is 261 g/mol. The topological polar surface area (TPSA) is 87.6 Å². The van der Waals surface area contributed by atoms with E-state index in [0.717, 1.165) is 5.56 Å². The van der Waals surface area contributed by atoms with E-state index in [4.69, 9.17) is 5.26 Å². The van der Waals surface area contributed by atoms with Gasteiger partial charge in [0.2, 0.25) is 5.16 Å². The zero-order valence-electron chi connectivity index (χ0n) is 9.69. The Hall–Kier alpha value is -1.91. The molecule has 0 saturated heterocycles. The summed E-state index contributed by atoms with van der Waals surface area (Å²) in [7, 11) is 1.75. The second kappa shape index (κ2) is 5.62. The molecule has 7 heteroatoms. The normalized spacial score (nSPS) is 12.1. The third-order valence-corrected chi connectivity index (χ3v) is 3.46. The minimum Gasteiger partial charge on any atom is -0.388 e. The molecule has 2 aromatic rings. The minimum atomic E-state index is -0.612. The van der Waals surface area contributed by atoms with E-state index in [1.165, 1.54) is 11.8 Å². The van der Waals surface area contributed by atoms with Gasteiger partial charge in [0.05, 0.1) is 17.7 Å². The van der Waals surface area contributed by atoms with Crippen LogP contribution in [0.2, 0.25) is 0 Å². The Morgan fingerprint density at radius 2 is 2.17 bits per heavy atom. The van der Waals surface area contributed by atoms with Crippen molar-refractivity contribution in [3.8, 4) is 6.07 Å². The molecule has 0 fully saturated rings. The first kappa shape index (κ1) is 12.5. The number of tetrazole rings is 1. The predicted octanol–water partition coefficient (Wildman–Crippen LogP) is 0.907. The van der Waals surface area contributed by atoms with Gasteiger partial charge < -0.3 is 5.11 Å². The second-order valence-electron chi connectivity index (χ2n) is 3.65. The molecule has 2 rings (SSSR count). The van der Waals surface area contributed by atoms with Crippen molar-refractivity contribution in [2.45, 2.75) is 11.3 Å². The fourth-order valence-corrected chi connectivity index (χ4v) is 2.19. The number of nitriles is 1. The van der Waals surface area contributed by atoms with Crippen LogP contribution in [0.5, 0.6) is 0 Å². The molecule has 1 N–H and O–H groups in total. The van der Waals surface area contributed by atoms with Crippen molar-refractivity contribution in [1.29, 1.82) is 5.26 Å². The highest BCUT2D eigenvalue weighted by Crippen LogP contribution is 2.22. The van der Waals surface area contributed by atoms with E-state index in [1.54, 1.807) is 36.0 Å². The van der Waals surface area contributed by atoms with Crippen LogP contribution >= 0.6 is 11.8 Å². The first-order valence-corrected chi connectivity index (χ1v) is 6.22. The van der Waals surface area contributed by atoms with Crippen LogP contribution in [0.3, 0.4) is 0 Å². The number of thioether (sulfide) groups is 1. The van der Waals surface area contributed by atoms with E-state index < -0.39 is 6.10 Å². The van der Waals surface area contributed by atoms with Crippen molar-refractivity contribution in [2.24, 2.45) is 7.05 Å². The van der Waals surface area contributed by atoms with Crippen LogP contribution in [-0.2, 0) is 7.05 Å². The number of nitrogens with zero attached hydrogens (tertiary/aromatic N) is 5. The zero-order chi connectivity index (χ0) is 13.0. The summed E-state index contributed by atoms with van der Waals surface area (Å²) in [6.45, 7) is 0. The van der Waals surface area contributed by atoms with Gasteiger partial charge >= 0.3 is 0 Å². The second-order valence-corrected chi connectivity index (χ2v) is 4.63. The van der Waals surface area contributed by atoms with Crippen molar-refractivity contribution < 1.29 is 5.11 Å². The lowest BCUT2D eigenvalue weighted by atomic mass is 10.1. The molecule has 1 unspecified atom stereocenters. The van der Waals surface area contributed by atoms with Crippen LogP contribution in [0.25, 0.3) is 0 Å². The lowest BCUT2D eigenvalue weighted by Crippen LogP contribution is -2.02. The van der Waals surface area contributed by atoms with Gasteiger partial charge in [0, 0.05) is 12.8 Å². The van der Waals surface area contributed by atoms with Crippen LogP contribution in [0.1, 0.15) is 17.2 Å². The average Bonchev–Trinajstić information content (AvgIpc) is 2.81. The maximum atomic E-state index is 9.99. The highest BCUT2D eigenvalue weighted by Gasteiger charge is 2.11. The Morgan fingerprint density at radius 1 is 1.44 bits per heavy atom. The van der Waals surface area contributed by atoms with Gasteiger partial charge in [-0.25, -0.2) is 4.68 Å². The molecule has 0 bridgehead atoms. The molecular formula is C11H11N5OS. The lowest BCUT2D eigenvalue weighted by Gasteiger charge is -2.09. The number of aromatic nitrogens is 4. The summed E-state index contributed by atoms with van der Waals surface area (Å²) in [5.74, 6) is 0.458. The number of aliphatic hydroxyl groups is 1. The summed E-state index contributed by atoms with van der Waals surface area (Å²) in [5.41, 5.74) is 1.35. The molecule has 1 heterocycles. The summed E-state index contributed by atoms with van der Waals surface area (Å²) in [6, 6.07) is 8.91. The third kappa shape index (κ3) is 2.85. The zero-order valence-corrected chi connectivity index (χ0v) is 10.5. The number of hydrogen-bond acceptors (Lipinski definition) is 6. The van der Waals surface area contributed by atoms with Gasteiger partial charge in [0.1, 0.15) is 0 Å². The van der Waals surface area contributed by atoms with Gasteiger partial charge in [-0.3, -0.25) is 0 Å². The van der Waals surface area contributed by atoms with Gasteiger partial charge in [-0.1, -0.05) is 23.9 Å². The highest BCUT2D eigenvalue weighted by molar-refractivity contribution is 7.99. The van der Waals surface area contributed by atoms with E-state index in [1.807, 2.05) is 6.07 Å². The summed E-state index contributed by atoms with van der Waals surface area (Å²) < 4.78 is 1.55. The van der Waals surface area contributed by atoms with E-state index in [2.05, 4.69) is 15.5 Å². The average molecular weight is 261 g/mol. The fourth-order valence-electron chi connectivity index (χ4n) is 1.37. The molecule has 1 aromatic heterocycles. The first-order chi connectivity index (χ1) is 8.70. The largest absolute Gasteiger partial charge is 0.388 e. The number of aliphatic hydroxyl groups excluding tert-OH is 1. The summed E-state index contributed by atoms with van der Waals surface area (Å²) >= 11 is 1.38. The van der Waals surface area contributed by atoms with Crippen LogP contribution < -0.4 is 0 Å². The Balaban J connectivity index is 1.97. The van der Waals surface area contributed by atoms with E-state index in [-0.39, 0.29) is 0 Å². The van der Waals surface area contributed by atoms with Crippen molar-refractivity contribution in [3.63, 3.8) is 0 Å². The SMILES string of the molecule is Cn1nnnc1SCC(O)c1ccc(C#N)cc1. The molecular weight excluding hydrogens is 250 g/mol. The molecule has 0 radical (unpaired) electrons. The van der Waals surface area contributed by atoms with Gasteiger partial charge in [-0.05, 0) is 28.1 Å². The van der Waals surface area contributed by atoms with E-state index in [9.17, 15) is 5.11 Å². The summed E-state index contributed by atoms with van der Waals surface area (Å²) in [5, 5.41) is 30.4. The van der Waals surface area contributed by atoms with E-state index in [0.29, 0.717) is 16.5 Å². The summed E-state index contributed by atoms with van der Waals surface area (Å²) in [6.07, 6.45) is -0.612. The molecule has 0 amide bonds. The maximum absolute atomic E-state index is 9.99. The smallest absolute Gasteiger partial charge is 0.209 e. The Labute approximate surface area is 108 Å². The van der Waals surface area contributed by atoms with Gasteiger partial charge in [0.15, 0.2) is 0 Å². The molecule has 18 heavy (non-hydrogen) atoms. The van der Waals surface area contributed by atoms with Crippen LogP contribution in [0, 0.1) is 11.3 Å². The molecule has 0 aliphatic rings. The van der Waals surface area contributed by atoms with Crippen molar-refractivity contribution >= 4 is 11.8 Å². The highest BCUT2D eigenvalue weighted by atomic mass is 32.2. The Bertz CT molecular complexity index is 560. The van der Waals surface area contributed by atoms with E-state index >= 15 is 0 Å². The van der Waals surface area contributed by atoms with Crippen LogP contribution in [-0.4, -0.2) is 31.1 Å². The number of aryl methyl sites for hydroxylation is 1. The standard InChI is InChI=1S/C11H11N5OS/c1-16-11(13-14-15-16)18-7-10(17)9-4-2-8(6-12)3-5-9/h2-5,10,17H,7H2,1H3. The van der Waals surface area contributed by atoms with Gasteiger partial charge in [-0.2, -0.15) is 5.26 Å². The molecule has 1 atom stereocenters. The Morgan fingerprint density at radius 3 is 2.72 bits per heavy atom. The molecule has 6 nitrogen and oxygen atoms in total. The van der Waals surface area contributed by atoms with Gasteiger partial charge in [-0.15, -0.1) is 5.10 Å².